The fourth-order valence-corrected chi connectivity index (χ4v) is 2.46. The first-order chi connectivity index (χ1) is 9.22. The molecule has 2 N–H and O–H groups in total. The van der Waals surface area contributed by atoms with E-state index < -0.39 is 0 Å². The highest BCUT2D eigenvalue weighted by atomic mass is 16.3. The maximum Gasteiger partial charge on any atom is 0.0645 e. The number of hydrogen-bond donors (Lipinski definition) is 2. The molecule has 1 aliphatic carbocycles. The summed E-state index contributed by atoms with van der Waals surface area (Å²) in [4.78, 5) is 0. The van der Waals surface area contributed by atoms with Gasteiger partial charge >= 0.3 is 0 Å². The van der Waals surface area contributed by atoms with Crippen molar-refractivity contribution >= 4 is 0 Å². The van der Waals surface area contributed by atoms with Crippen molar-refractivity contribution in [2.45, 2.75) is 38.0 Å². The van der Waals surface area contributed by atoms with Crippen molar-refractivity contribution in [3.05, 3.63) is 48.3 Å². The number of nitrogens with one attached hydrogen (secondary N) is 1. The van der Waals surface area contributed by atoms with Crippen molar-refractivity contribution in [1.82, 2.24) is 15.1 Å². The molecule has 1 saturated carbocycles. The SMILES string of the molecule is CC(NC1CC(O)C1)c1cnn(-c2ccccc2)c1. The van der Waals surface area contributed by atoms with Crippen molar-refractivity contribution in [1.29, 1.82) is 0 Å². The van der Waals surface area contributed by atoms with Gasteiger partial charge in [0.15, 0.2) is 0 Å². The van der Waals surface area contributed by atoms with Gasteiger partial charge in [0.05, 0.1) is 18.0 Å². The van der Waals surface area contributed by atoms with Gasteiger partial charge in [0.1, 0.15) is 0 Å². The quantitative estimate of drug-likeness (QED) is 0.881. The second kappa shape index (κ2) is 5.15. The van der Waals surface area contributed by atoms with Crippen LogP contribution < -0.4 is 5.32 Å². The molecule has 2 aromatic rings. The molecule has 0 saturated heterocycles. The van der Waals surface area contributed by atoms with E-state index in [4.69, 9.17) is 0 Å². The Kier molecular flexibility index (Phi) is 3.36. The number of benzene rings is 1. The molecule has 4 nitrogen and oxygen atoms in total. The Bertz CT molecular complexity index is 531. The van der Waals surface area contributed by atoms with Gasteiger partial charge in [-0.05, 0) is 31.9 Å². The molecule has 1 fully saturated rings. The summed E-state index contributed by atoms with van der Waals surface area (Å²) in [6.45, 7) is 2.14. The lowest BCUT2D eigenvalue weighted by Crippen LogP contribution is -2.44. The van der Waals surface area contributed by atoms with Gasteiger partial charge in [-0.15, -0.1) is 0 Å². The van der Waals surface area contributed by atoms with Crippen LogP contribution in [-0.2, 0) is 0 Å². The fourth-order valence-electron chi connectivity index (χ4n) is 2.46. The largest absolute Gasteiger partial charge is 0.393 e. The topological polar surface area (TPSA) is 50.1 Å². The molecule has 0 aliphatic heterocycles. The van der Waals surface area contributed by atoms with E-state index in [0.29, 0.717) is 6.04 Å². The van der Waals surface area contributed by atoms with Crippen molar-refractivity contribution in [2.24, 2.45) is 0 Å². The second-order valence-corrected chi connectivity index (χ2v) is 5.26. The molecule has 100 valence electrons. The van der Waals surface area contributed by atoms with Crippen LogP contribution in [0.5, 0.6) is 0 Å². The smallest absolute Gasteiger partial charge is 0.0645 e. The molecule has 3 rings (SSSR count). The lowest BCUT2D eigenvalue weighted by Gasteiger charge is -2.34. The average molecular weight is 257 g/mol. The van der Waals surface area contributed by atoms with Gasteiger partial charge in [-0.25, -0.2) is 4.68 Å². The van der Waals surface area contributed by atoms with Crippen molar-refractivity contribution in [3.8, 4) is 5.69 Å². The zero-order valence-electron chi connectivity index (χ0n) is 11.0. The van der Waals surface area contributed by atoms with E-state index in [2.05, 4.69) is 23.5 Å². The van der Waals surface area contributed by atoms with E-state index in [-0.39, 0.29) is 12.1 Å². The predicted molar refractivity (Wildman–Crippen MR) is 74.1 cm³/mol. The summed E-state index contributed by atoms with van der Waals surface area (Å²) >= 11 is 0. The lowest BCUT2D eigenvalue weighted by atomic mass is 9.88. The van der Waals surface area contributed by atoms with Crippen molar-refractivity contribution in [2.75, 3.05) is 0 Å². The van der Waals surface area contributed by atoms with Gasteiger partial charge in [0.25, 0.3) is 0 Å². The van der Waals surface area contributed by atoms with Crippen molar-refractivity contribution < 1.29 is 5.11 Å². The molecule has 0 bridgehead atoms. The molecule has 1 unspecified atom stereocenters. The summed E-state index contributed by atoms with van der Waals surface area (Å²) in [5, 5.41) is 17.2. The van der Waals surface area contributed by atoms with E-state index >= 15 is 0 Å². The summed E-state index contributed by atoms with van der Waals surface area (Å²) in [5.74, 6) is 0. The molecule has 0 radical (unpaired) electrons. The number of aromatic nitrogens is 2. The number of aliphatic hydroxyl groups is 1. The first-order valence-corrected chi connectivity index (χ1v) is 6.76. The number of para-hydroxylation sites is 1. The minimum atomic E-state index is -0.114. The number of aliphatic hydroxyl groups excluding tert-OH is 1. The molecular formula is C15H19N3O. The van der Waals surface area contributed by atoms with E-state index in [1.54, 1.807) is 0 Å². The van der Waals surface area contributed by atoms with Gasteiger partial charge in [0, 0.05) is 23.8 Å². The summed E-state index contributed by atoms with van der Waals surface area (Å²) in [5.41, 5.74) is 2.24. The summed E-state index contributed by atoms with van der Waals surface area (Å²) in [6.07, 6.45) is 5.56. The zero-order chi connectivity index (χ0) is 13.2. The van der Waals surface area contributed by atoms with Crippen LogP contribution in [0.2, 0.25) is 0 Å². The number of hydrogen-bond acceptors (Lipinski definition) is 3. The normalized spacial score (nSPS) is 23.9. The third-order valence-corrected chi connectivity index (χ3v) is 3.72. The Hall–Kier alpha value is -1.65. The van der Waals surface area contributed by atoms with Gasteiger partial charge in [0.2, 0.25) is 0 Å². The van der Waals surface area contributed by atoms with E-state index in [1.165, 1.54) is 5.56 Å². The van der Waals surface area contributed by atoms with E-state index in [1.807, 2.05) is 41.2 Å². The minimum absolute atomic E-state index is 0.114. The molecule has 0 amide bonds. The van der Waals surface area contributed by atoms with Crippen LogP contribution in [0.15, 0.2) is 42.7 Å². The predicted octanol–water partition coefficient (Wildman–Crippen LogP) is 2.05. The van der Waals surface area contributed by atoms with Crippen LogP contribution in [0.3, 0.4) is 0 Å². The zero-order valence-corrected chi connectivity index (χ0v) is 11.0. The summed E-state index contributed by atoms with van der Waals surface area (Å²) in [7, 11) is 0. The van der Waals surface area contributed by atoms with Crippen LogP contribution in [-0.4, -0.2) is 27.0 Å². The molecule has 1 heterocycles. The molecule has 1 aromatic heterocycles. The van der Waals surface area contributed by atoms with E-state index in [9.17, 15) is 5.11 Å². The Morgan fingerprint density at radius 1 is 1.32 bits per heavy atom. The summed E-state index contributed by atoms with van der Waals surface area (Å²) in [6, 6.07) is 10.8. The maximum absolute atomic E-state index is 9.30. The van der Waals surface area contributed by atoms with Gasteiger partial charge in [-0.2, -0.15) is 5.10 Å². The summed E-state index contributed by atoms with van der Waals surface area (Å²) < 4.78 is 1.89. The minimum Gasteiger partial charge on any atom is -0.393 e. The molecule has 1 atom stereocenters. The molecule has 1 aromatic carbocycles. The van der Waals surface area contributed by atoms with Crippen LogP contribution in [0.1, 0.15) is 31.4 Å². The van der Waals surface area contributed by atoms with Crippen LogP contribution in [0.4, 0.5) is 0 Å². The van der Waals surface area contributed by atoms with E-state index in [0.717, 1.165) is 18.5 Å². The second-order valence-electron chi connectivity index (χ2n) is 5.26. The molecule has 0 spiro atoms. The molecule has 4 heteroatoms. The third kappa shape index (κ3) is 2.69. The first-order valence-electron chi connectivity index (χ1n) is 6.76. The average Bonchev–Trinajstić information content (AvgIpc) is 2.87. The third-order valence-electron chi connectivity index (χ3n) is 3.72. The molecule has 19 heavy (non-hydrogen) atoms. The maximum atomic E-state index is 9.30. The first kappa shape index (κ1) is 12.4. The monoisotopic (exact) mass is 257 g/mol. The highest BCUT2D eigenvalue weighted by molar-refractivity contribution is 5.31. The van der Waals surface area contributed by atoms with Gasteiger partial charge in [-0.1, -0.05) is 18.2 Å². The van der Waals surface area contributed by atoms with Crippen LogP contribution >= 0.6 is 0 Å². The van der Waals surface area contributed by atoms with Crippen molar-refractivity contribution in [3.63, 3.8) is 0 Å². The Morgan fingerprint density at radius 2 is 2.05 bits per heavy atom. The Morgan fingerprint density at radius 3 is 2.74 bits per heavy atom. The fraction of sp³-hybridized carbons (Fsp3) is 0.400. The Labute approximate surface area is 113 Å². The molecular weight excluding hydrogens is 238 g/mol. The lowest BCUT2D eigenvalue weighted by molar-refractivity contribution is 0.0586. The van der Waals surface area contributed by atoms with Crippen LogP contribution in [0, 0.1) is 0 Å². The van der Waals surface area contributed by atoms with Gasteiger partial charge < -0.3 is 10.4 Å². The Balaban J connectivity index is 1.67. The van der Waals surface area contributed by atoms with Crippen LogP contribution in [0.25, 0.3) is 5.69 Å². The van der Waals surface area contributed by atoms with Gasteiger partial charge in [-0.3, -0.25) is 0 Å². The molecule has 1 aliphatic rings. The number of rotatable bonds is 4. The number of nitrogens with zero attached hydrogens (tertiary/aromatic N) is 2. The standard InChI is InChI=1S/C15H19N3O/c1-11(17-13-7-15(19)8-13)12-9-16-18(10-12)14-5-3-2-4-6-14/h2-6,9-11,13,15,17,19H,7-8H2,1H3. The highest BCUT2D eigenvalue weighted by Gasteiger charge is 2.28. The highest BCUT2D eigenvalue weighted by Crippen LogP contribution is 2.23.